The highest BCUT2D eigenvalue weighted by Gasteiger charge is 2.59. The van der Waals surface area contributed by atoms with E-state index >= 15 is 0 Å². The number of rotatable bonds is 10. The Kier molecular flexibility index (Phi) is 8.45. The van der Waals surface area contributed by atoms with Gasteiger partial charge >= 0.3 is 5.97 Å². The third-order valence-corrected chi connectivity index (χ3v) is 8.05. The predicted octanol–water partition coefficient (Wildman–Crippen LogP) is 8.20. The van der Waals surface area contributed by atoms with Gasteiger partial charge in [0.15, 0.2) is 17.4 Å². The fourth-order valence-corrected chi connectivity index (χ4v) is 6.14. The molecule has 1 heterocycles. The van der Waals surface area contributed by atoms with Crippen molar-refractivity contribution >= 4 is 28.6 Å². The summed E-state index contributed by atoms with van der Waals surface area (Å²) in [5.74, 6) is -3.78. The van der Waals surface area contributed by atoms with Crippen LogP contribution < -0.4 is 0 Å². The first-order valence-corrected chi connectivity index (χ1v) is 14.4. The number of imidazole rings is 1. The zero-order chi connectivity index (χ0) is 29.2. The lowest BCUT2D eigenvalue weighted by atomic mass is 9.70. The van der Waals surface area contributed by atoms with E-state index in [2.05, 4.69) is 0 Å². The van der Waals surface area contributed by atoms with Gasteiger partial charge in [-0.2, -0.15) is 0 Å². The third-order valence-electron chi connectivity index (χ3n) is 7.79. The van der Waals surface area contributed by atoms with E-state index in [0.717, 1.165) is 37.3 Å². The number of aromatic nitrogens is 2. The maximum atomic E-state index is 15.0. The van der Waals surface area contributed by atoms with Crippen LogP contribution in [-0.2, 0) is 15.0 Å². The second-order valence-electron chi connectivity index (χ2n) is 10.4. The minimum atomic E-state index is -1.21. The molecule has 0 spiro atoms. The summed E-state index contributed by atoms with van der Waals surface area (Å²) in [6.07, 6.45) is 4.15. The molecule has 1 fully saturated rings. The molecule has 1 aromatic heterocycles. The van der Waals surface area contributed by atoms with Crippen molar-refractivity contribution in [1.82, 2.24) is 9.55 Å². The van der Waals surface area contributed by atoms with Gasteiger partial charge in [0, 0.05) is 42.4 Å². The van der Waals surface area contributed by atoms with Crippen LogP contribution in [0.1, 0.15) is 68.3 Å². The number of carboxylic acid groups (broad SMARTS) is 1. The summed E-state index contributed by atoms with van der Waals surface area (Å²) in [6.45, 7) is 4.85. The normalized spacial score (nSPS) is 18.6. The van der Waals surface area contributed by atoms with E-state index in [9.17, 15) is 18.7 Å². The molecule has 0 bridgehead atoms. The number of hydrogen-bond donors (Lipinski definition) is 1. The second kappa shape index (κ2) is 11.9. The fraction of sp³-hybridized carbons (Fsp3) is 0.375. The molecule has 1 unspecified atom stereocenters. The first kappa shape index (κ1) is 29.2. The van der Waals surface area contributed by atoms with Crippen molar-refractivity contribution in [1.29, 1.82) is 0 Å². The van der Waals surface area contributed by atoms with Crippen LogP contribution in [0.15, 0.2) is 60.7 Å². The Morgan fingerprint density at radius 3 is 2.17 bits per heavy atom. The van der Waals surface area contributed by atoms with Gasteiger partial charge in [0.2, 0.25) is 0 Å². The fourth-order valence-electron chi connectivity index (χ4n) is 6.01. The van der Waals surface area contributed by atoms with Crippen LogP contribution in [-0.4, -0.2) is 39.6 Å². The molecule has 0 radical (unpaired) electrons. The Balaban J connectivity index is 1.92. The zero-order valence-electron chi connectivity index (χ0n) is 23.1. The summed E-state index contributed by atoms with van der Waals surface area (Å²) in [5.41, 5.74) is 1.10. The SMILES string of the molecule is CCCOC1(OCCC)CCCCC1(c1ccc(C(=O)O)cc1)n1c(-c2ccc(Cl)cc2)nc2cc(F)c(F)cc21. The van der Waals surface area contributed by atoms with E-state index < -0.39 is 28.9 Å². The Morgan fingerprint density at radius 1 is 0.951 bits per heavy atom. The largest absolute Gasteiger partial charge is 0.478 e. The van der Waals surface area contributed by atoms with Crippen LogP contribution in [0.25, 0.3) is 22.4 Å². The van der Waals surface area contributed by atoms with E-state index in [-0.39, 0.29) is 11.1 Å². The van der Waals surface area contributed by atoms with E-state index in [0.29, 0.717) is 48.0 Å². The molecule has 1 atom stereocenters. The van der Waals surface area contributed by atoms with E-state index in [4.69, 9.17) is 26.1 Å². The number of ether oxygens (including phenoxy) is 2. The van der Waals surface area contributed by atoms with Crippen molar-refractivity contribution in [2.75, 3.05) is 13.2 Å². The Bertz CT molecular complexity index is 1530. The second-order valence-corrected chi connectivity index (χ2v) is 10.9. The molecule has 1 saturated carbocycles. The molecule has 41 heavy (non-hydrogen) atoms. The lowest BCUT2D eigenvalue weighted by molar-refractivity contribution is -0.297. The van der Waals surface area contributed by atoms with Crippen molar-refractivity contribution in [2.45, 2.75) is 63.7 Å². The van der Waals surface area contributed by atoms with Crippen molar-refractivity contribution in [3.8, 4) is 11.4 Å². The first-order chi connectivity index (χ1) is 19.8. The van der Waals surface area contributed by atoms with Crippen molar-refractivity contribution < 1.29 is 28.2 Å². The molecular weight excluding hydrogens is 550 g/mol. The average molecular weight is 583 g/mol. The highest BCUT2D eigenvalue weighted by atomic mass is 35.5. The summed E-state index contributed by atoms with van der Waals surface area (Å²) in [6, 6.07) is 16.0. The molecule has 0 aliphatic heterocycles. The smallest absolute Gasteiger partial charge is 0.335 e. The van der Waals surface area contributed by atoms with Crippen molar-refractivity contribution in [2.24, 2.45) is 0 Å². The highest BCUT2D eigenvalue weighted by Crippen LogP contribution is 2.53. The standard InChI is InChI=1S/C32H33ClF2N2O4/c1-3-17-40-32(41-18-4-2)16-6-5-15-31(32,23-11-7-22(8-12-23)30(38)39)37-28-20-26(35)25(34)19-27(28)36-29(37)21-9-13-24(33)14-10-21/h7-14,19-20H,3-6,15-18H2,1-2H3,(H,38,39). The minimum absolute atomic E-state index is 0.135. The summed E-state index contributed by atoms with van der Waals surface area (Å²) in [4.78, 5) is 16.6. The number of fused-ring (bicyclic) bond motifs is 1. The van der Waals surface area contributed by atoms with Gasteiger partial charge in [0.1, 0.15) is 11.4 Å². The molecule has 0 saturated heterocycles. The van der Waals surface area contributed by atoms with Crippen LogP contribution in [0.3, 0.4) is 0 Å². The lowest BCUT2D eigenvalue weighted by Gasteiger charge is -2.54. The number of hydrogen-bond acceptors (Lipinski definition) is 4. The molecular formula is C32H33ClF2N2O4. The van der Waals surface area contributed by atoms with Crippen LogP contribution in [0.2, 0.25) is 5.02 Å². The van der Waals surface area contributed by atoms with E-state index in [1.165, 1.54) is 6.07 Å². The van der Waals surface area contributed by atoms with E-state index in [1.54, 1.807) is 36.4 Å². The number of aromatic carboxylic acids is 1. The average Bonchev–Trinajstić information content (AvgIpc) is 3.34. The van der Waals surface area contributed by atoms with E-state index in [1.807, 2.05) is 30.5 Å². The maximum Gasteiger partial charge on any atom is 0.335 e. The molecule has 5 rings (SSSR count). The maximum absolute atomic E-state index is 15.0. The van der Waals surface area contributed by atoms with Crippen LogP contribution in [0.4, 0.5) is 8.78 Å². The zero-order valence-corrected chi connectivity index (χ0v) is 23.9. The summed E-state index contributed by atoms with van der Waals surface area (Å²) in [7, 11) is 0. The first-order valence-electron chi connectivity index (χ1n) is 14.0. The number of carbonyl (C=O) groups is 1. The third kappa shape index (κ3) is 5.13. The molecule has 1 N–H and O–H groups in total. The minimum Gasteiger partial charge on any atom is -0.478 e. The van der Waals surface area contributed by atoms with Gasteiger partial charge in [-0.05, 0) is 67.6 Å². The Morgan fingerprint density at radius 2 is 1.56 bits per heavy atom. The Hall–Kier alpha value is -3.33. The number of carboxylic acids is 1. The van der Waals surface area contributed by atoms with Crippen LogP contribution in [0, 0.1) is 11.6 Å². The summed E-state index contributed by atoms with van der Waals surface area (Å²) < 4.78 is 44.9. The Labute approximate surface area is 242 Å². The van der Waals surface area contributed by atoms with Gasteiger partial charge in [-0.25, -0.2) is 18.6 Å². The van der Waals surface area contributed by atoms with Crippen LogP contribution in [0.5, 0.6) is 0 Å². The topological polar surface area (TPSA) is 73.6 Å². The molecule has 3 aromatic carbocycles. The molecule has 9 heteroatoms. The van der Waals surface area contributed by atoms with Gasteiger partial charge in [0.25, 0.3) is 0 Å². The molecule has 0 amide bonds. The molecule has 4 aromatic rings. The summed E-state index contributed by atoms with van der Waals surface area (Å²) in [5, 5.41) is 10.2. The molecule has 216 valence electrons. The van der Waals surface area contributed by atoms with Gasteiger partial charge in [0.05, 0.1) is 16.6 Å². The number of benzene rings is 3. The van der Waals surface area contributed by atoms with Crippen molar-refractivity contribution in [3.63, 3.8) is 0 Å². The monoisotopic (exact) mass is 582 g/mol. The quantitative estimate of drug-likeness (QED) is 0.191. The molecule has 6 nitrogen and oxygen atoms in total. The predicted molar refractivity (Wildman–Crippen MR) is 154 cm³/mol. The van der Waals surface area contributed by atoms with Gasteiger partial charge < -0.3 is 19.1 Å². The van der Waals surface area contributed by atoms with Gasteiger partial charge in [-0.3, -0.25) is 0 Å². The number of nitrogens with zero attached hydrogens (tertiary/aromatic N) is 2. The van der Waals surface area contributed by atoms with Gasteiger partial charge in [-0.1, -0.05) is 44.0 Å². The molecule has 1 aliphatic carbocycles. The van der Waals surface area contributed by atoms with Gasteiger partial charge in [-0.15, -0.1) is 0 Å². The van der Waals surface area contributed by atoms with Crippen molar-refractivity contribution in [3.05, 3.63) is 88.4 Å². The van der Waals surface area contributed by atoms with Crippen LogP contribution >= 0.6 is 11.6 Å². The lowest BCUT2D eigenvalue weighted by Crippen LogP contribution is -2.61. The molecule has 1 aliphatic rings. The number of halogens is 3. The summed E-state index contributed by atoms with van der Waals surface area (Å²) >= 11 is 6.22. The highest BCUT2D eigenvalue weighted by molar-refractivity contribution is 6.30.